The number of aromatic nitrogens is 5. The third-order valence-electron chi connectivity index (χ3n) is 9.36. The minimum absolute atomic E-state index is 0.607. The molecule has 0 N–H and O–H groups in total. The predicted molar refractivity (Wildman–Crippen MR) is 205 cm³/mol. The summed E-state index contributed by atoms with van der Waals surface area (Å²) in [6.45, 7) is 0. The molecule has 0 amide bonds. The largest absolute Gasteiger partial charge is 0.436 e. The van der Waals surface area contributed by atoms with E-state index in [2.05, 4.69) is 77.8 Å². The van der Waals surface area contributed by atoms with Gasteiger partial charge in [-0.05, 0) is 72.8 Å². The number of rotatable bonds is 5. The molecule has 10 aromatic rings. The van der Waals surface area contributed by atoms with Gasteiger partial charge in [0.15, 0.2) is 5.58 Å². The van der Waals surface area contributed by atoms with Crippen LogP contribution in [0.1, 0.15) is 0 Å². The first-order chi connectivity index (χ1) is 25.2. The van der Waals surface area contributed by atoms with Gasteiger partial charge in [-0.25, -0.2) is 19.9 Å². The van der Waals surface area contributed by atoms with Crippen LogP contribution >= 0.6 is 0 Å². The maximum atomic E-state index is 6.26. The van der Waals surface area contributed by atoms with Crippen molar-refractivity contribution in [3.05, 3.63) is 164 Å². The van der Waals surface area contributed by atoms with Gasteiger partial charge in [0.25, 0.3) is 0 Å². The number of fused-ring (bicyclic) bond motifs is 6. The van der Waals surface area contributed by atoms with Crippen molar-refractivity contribution in [3.8, 4) is 56.6 Å². The Labute approximate surface area is 292 Å². The van der Waals surface area contributed by atoms with E-state index in [1.54, 1.807) is 6.20 Å². The van der Waals surface area contributed by atoms with E-state index in [4.69, 9.17) is 24.4 Å². The molecule has 238 valence electrons. The van der Waals surface area contributed by atoms with E-state index in [1.165, 1.54) is 0 Å². The van der Waals surface area contributed by atoms with Crippen molar-refractivity contribution in [3.63, 3.8) is 0 Å². The summed E-state index contributed by atoms with van der Waals surface area (Å²) < 4.78 is 6.26. The second kappa shape index (κ2) is 11.8. The molecule has 5 aromatic carbocycles. The quantitative estimate of drug-likeness (QED) is 0.172. The molecule has 0 aliphatic heterocycles. The van der Waals surface area contributed by atoms with Gasteiger partial charge in [0.1, 0.15) is 5.52 Å². The summed E-state index contributed by atoms with van der Waals surface area (Å²) in [5.41, 5.74) is 11.9. The Kier molecular flexibility index (Phi) is 6.70. The monoisotopic (exact) mass is 653 g/mol. The van der Waals surface area contributed by atoms with Crippen LogP contribution in [0.15, 0.2) is 168 Å². The van der Waals surface area contributed by atoms with E-state index in [9.17, 15) is 0 Å². The molecule has 0 spiro atoms. The average Bonchev–Trinajstić information content (AvgIpc) is 3.66. The Morgan fingerprint density at radius 3 is 2.06 bits per heavy atom. The summed E-state index contributed by atoms with van der Waals surface area (Å²) in [6.07, 6.45) is 1.79. The van der Waals surface area contributed by atoms with Crippen molar-refractivity contribution in [2.24, 2.45) is 0 Å². The minimum Gasteiger partial charge on any atom is -0.436 e. The van der Waals surface area contributed by atoms with E-state index in [-0.39, 0.29) is 0 Å². The van der Waals surface area contributed by atoms with Gasteiger partial charge in [-0.2, -0.15) is 0 Å². The fourth-order valence-electron chi connectivity index (χ4n) is 6.85. The number of pyridine rings is 4. The second-order valence-corrected chi connectivity index (χ2v) is 12.5. The van der Waals surface area contributed by atoms with Gasteiger partial charge in [0.05, 0.1) is 39.5 Å². The summed E-state index contributed by atoms with van der Waals surface area (Å²) >= 11 is 0. The highest BCUT2D eigenvalue weighted by atomic mass is 16.3. The van der Waals surface area contributed by atoms with Gasteiger partial charge in [0, 0.05) is 50.0 Å². The van der Waals surface area contributed by atoms with Gasteiger partial charge in [0.2, 0.25) is 5.89 Å². The molecular weight excluding hydrogens is 627 g/mol. The molecule has 0 bridgehead atoms. The topological polar surface area (TPSA) is 77.6 Å². The smallest absolute Gasteiger partial charge is 0.227 e. The van der Waals surface area contributed by atoms with Gasteiger partial charge >= 0.3 is 0 Å². The molecule has 0 radical (unpaired) electrons. The van der Waals surface area contributed by atoms with Gasteiger partial charge in [-0.15, -0.1) is 0 Å². The number of nitrogens with zero attached hydrogens (tertiary/aromatic N) is 5. The fourth-order valence-corrected chi connectivity index (χ4v) is 6.85. The second-order valence-electron chi connectivity index (χ2n) is 12.5. The van der Waals surface area contributed by atoms with Gasteiger partial charge in [-0.1, -0.05) is 84.9 Å². The summed E-state index contributed by atoms with van der Waals surface area (Å²) in [5.74, 6) is 0.607. The fraction of sp³-hybridized carbons (Fsp3) is 0. The lowest BCUT2D eigenvalue weighted by Crippen LogP contribution is -1.92. The highest BCUT2D eigenvalue weighted by Gasteiger charge is 2.18. The standard InChI is InChI=1S/C45H27N5O/c1-2-9-30(10-3-1)45-50-44-41(51-45)25-22-34-42(44)33-11-4-5-12-38(33)49-43(34)29-18-16-28(17-19-29)36-23-20-32-27-31(21-24-37(32)47-36)35-14-8-15-40(48-35)39-13-6-7-26-46-39/h1-27H. The average molecular weight is 654 g/mol. The molecule has 0 aliphatic carbocycles. The summed E-state index contributed by atoms with van der Waals surface area (Å²) in [7, 11) is 0. The highest BCUT2D eigenvalue weighted by molar-refractivity contribution is 6.20. The molecule has 6 heteroatoms. The van der Waals surface area contributed by atoms with E-state index in [0.29, 0.717) is 5.89 Å². The number of hydrogen-bond acceptors (Lipinski definition) is 6. The zero-order valence-electron chi connectivity index (χ0n) is 27.2. The zero-order chi connectivity index (χ0) is 33.7. The number of oxazole rings is 1. The molecule has 51 heavy (non-hydrogen) atoms. The Morgan fingerprint density at radius 1 is 0.412 bits per heavy atom. The molecule has 10 rings (SSSR count). The Bertz CT molecular complexity index is 2900. The minimum atomic E-state index is 0.607. The van der Waals surface area contributed by atoms with Crippen LogP contribution in [-0.2, 0) is 0 Å². The molecule has 0 unspecified atom stereocenters. The van der Waals surface area contributed by atoms with Gasteiger partial charge in [-0.3, -0.25) is 4.98 Å². The third-order valence-corrected chi connectivity index (χ3v) is 9.36. The number of benzene rings is 5. The van der Waals surface area contributed by atoms with E-state index >= 15 is 0 Å². The molecule has 5 aromatic heterocycles. The van der Waals surface area contributed by atoms with Crippen LogP contribution < -0.4 is 0 Å². The van der Waals surface area contributed by atoms with E-state index < -0.39 is 0 Å². The summed E-state index contributed by atoms with van der Waals surface area (Å²) in [4.78, 5) is 24.5. The zero-order valence-corrected chi connectivity index (χ0v) is 27.2. The van der Waals surface area contributed by atoms with Crippen LogP contribution in [0.2, 0.25) is 0 Å². The van der Waals surface area contributed by atoms with Crippen molar-refractivity contribution >= 4 is 43.7 Å². The van der Waals surface area contributed by atoms with Crippen LogP contribution in [0, 0.1) is 0 Å². The molecule has 6 nitrogen and oxygen atoms in total. The van der Waals surface area contributed by atoms with E-state index in [0.717, 1.165) is 94.4 Å². The SMILES string of the molecule is c1ccc(-c2nc3c(ccc4c(-c5ccc(-c6ccc7cc(-c8cccc(-c9ccccn9)n8)ccc7n6)cc5)nc5ccccc5c43)o2)cc1. The van der Waals surface area contributed by atoms with Crippen molar-refractivity contribution in [1.82, 2.24) is 24.9 Å². The van der Waals surface area contributed by atoms with Crippen molar-refractivity contribution in [1.29, 1.82) is 0 Å². The molecule has 0 saturated heterocycles. The van der Waals surface area contributed by atoms with Crippen LogP contribution in [0.3, 0.4) is 0 Å². The first-order valence-corrected chi connectivity index (χ1v) is 16.8. The molecule has 0 fully saturated rings. The maximum absolute atomic E-state index is 6.26. The first-order valence-electron chi connectivity index (χ1n) is 16.8. The highest BCUT2D eigenvalue weighted by Crippen LogP contribution is 2.38. The molecule has 0 saturated carbocycles. The normalized spacial score (nSPS) is 11.5. The van der Waals surface area contributed by atoms with Crippen LogP contribution in [0.4, 0.5) is 0 Å². The first kappa shape index (κ1) is 28.9. The number of hydrogen-bond donors (Lipinski definition) is 0. The van der Waals surface area contributed by atoms with Crippen molar-refractivity contribution in [2.45, 2.75) is 0 Å². The van der Waals surface area contributed by atoms with Crippen molar-refractivity contribution in [2.75, 3.05) is 0 Å². The Balaban J connectivity index is 1.01. The Morgan fingerprint density at radius 2 is 1.18 bits per heavy atom. The lowest BCUT2D eigenvalue weighted by atomic mass is 9.98. The Hall–Kier alpha value is -7.05. The predicted octanol–water partition coefficient (Wildman–Crippen LogP) is 11.2. The number of para-hydroxylation sites is 1. The third kappa shape index (κ3) is 5.09. The van der Waals surface area contributed by atoms with E-state index in [1.807, 2.05) is 84.9 Å². The van der Waals surface area contributed by atoms with Crippen LogP contribution in [-0.4, -0.2) is 24.9 Å². The molecular formula is C45H27N5O. The van der Waals surface area contributed by atoms with Crippen LogP contribution in [0.25, 0.3) is 100 Å². The lowest BCUT2D eigenvalue weighted by molar-refractivity contribution is 0.620. The summed E-state index contributed by atoms with van der Waals surface area (Å²) in [6, 6.07) is 53.3. The summed E-state index contributed by atoms with van der Waals surface area (Å²) in [5, 5.41) is 4.17. The lowest BCUT2D eigenvalue weighted by Gasteiger charge is -2.11. The van der Waals surface area contributed by atoms with Gasteiger partial charge < -0.3 is 4.42 Å². The molecule has 0 atom stereocenters. The maximum Gasteiger partial charge on any atom is 0.227 e. The molecule has 5 heterocycles. The van der Waals surface area contributed by atoms with Crippen molar-refractivity contribution < 1.29 is 4.42 Å². The van der Waals surface area contributed by atoms with Crippen LogP contribution in [0.5, 0.6) is 0 Å². The molecule has 0 aliphatic rings.